The fourth-order valence-electron chi connectivity index (χ4n) is 0.987. The van der Waals surface area contributed by atoms with E-state index in [2.05, 4.69) is 6.58 Å². The SMILES string of the molecule is C=CCOC(CCCC(O)(O)O)C(=O)O.CC(C)(C)CO.[O]=[Ti]. The monoisotopic (exact) mass is 372 g/mol. The molecule has 136 valence electrons. The molecule has 0 aromatic rings. The molecule has 9 heteroatoms. The van der Waals surface area contributed by atoms with Crippen molar-refractivity contribution in [2.75, 3.05) is 13.2 Å². The van der Waals surface area contributed by atoms with Crippen LogP contribution >= 0.6 is 0 Å². The van der Waals surface area contributed by atoms with E-state index in [1.165, 1.54) is 6.08 Å². The molecule has 0 rings (SSSR count). The van der Waals surface area contributed by atoms with Gasteiger partial charge in [0.1, 0.15) is 0 Å². The maximum absolute atomic E-state index is 10.6. The minimum absolute atomic E-state index is 0.0899. The molecule has 0 aliphatic rings. The predicted octanol–water partition coefficient (Wildman–Crippen LogP) is 0.347. The van der Waals surface area contributed by atoms with Gasteiger partial charge in [0, 0.05) is 13.0 Å². The molecule has 0 bridgehead atoms. The van der Waals surface area contributed by atoms with Gasteiger partial charge in [0.2, 0.25) is 0 Å². The van der Waals surface area contributed by atoms with Crippen LogP contribution in [-0.2, 0) is 33.3 Å². The molecular weight excluding hydrogens is 344 g/mol. The molecule has 5 N–H and O–H groups in total. The number of carbonyl (C=O) groups is 1. The standard InChI is InChI=1S/C9H16O6.C5H12O.O.Ti/c1-2-6-15-7(8(10)11)4-3-5-9(12,13)14;1-5(2,3)4-6;;/h2,7,12-14H,1,3-6H2,(H,10,11);6H,4H2,1-3H3;;. The molecule has 0 aliphatic carbocycles. The fourth-order valence-corrected chi connectivity index (χ4v) is 0.987. The van der Waals surface area contributed by atoms with Crippen LogP contribution in [0.2, 0.25) is 0 Å². The maximum atomic E-state index is 10.6. The molecule has 0 amide bonds. The van der Waals surface area contributed by atoms with Gasteiger partial charge >= 0.3 is 29.7 Å². The summed E-state index contributed by atoms with van der Waals surface area (Å²) in [5.74, 6) is -3.88. The van der Waals surface area contributed by atoms with Crippen LogP contribution in [0.15, 0.2) is 12.7 Å². The average molecular weight is 372 g/mol. The molecule has 0 heterocycles. The van der Waals surface area contributed by atoms with E-state index >= 15 is 0 Å². The van der Waals surface area contributed by atoms with Crippen LogP contribution in [0.4, 0.5) is 0 Å². The van der Waals surface area contributed by atoms with Gasteiger partial charge in [-0.2, -0.15) is 0 Å². The van der Waals surface area contributed by atoms with E-state index < -0.39 is 18.0 Å². The van der Waals surface area contributed by atoms with Crippen molar-refractivity contribution in [2.24, 2.45) is 5.41 Å². The third kappa shape index (κ3) is 26.7. The minimum atomic E-state index is -2.75. The summed E-state index contributed by atoms with van der Waals surface area (Å²) >= 11 is 0.750. The zero-order chi connectivity index (χ0) is 19.1. The van der Waals surface area contributed by atoms with Gasteiger partial charge in [-0.15, -0.1) is 6.58 Å². The second kappa shape index (κ2) is 15.1. The van der Waals surface area contributed by atoms with E-state index in [1.807, 2.05) is 20.8 Å². The van der Waals surface area contributed by atoms with Gasteiger partial charge in [-0.3, -0.25) is 0 Å². The Morgan fingerprint density at radius 1 is 1.26 bits per heavy atom. The zero-order valence-corrected chi connectivity index (χ0v) is 15.4. The molecular formula is C14H28O8Ti. The van der Waals surface area contributed by atoms with Gasteiger partial charge in [-0.05, 0) is 18.3 Å². The van der Waals surface area contributed by atoms with Crippen molar-refractivity contribution in [3.63, 3.8) is 0 Å². The number of carboxylic acid groups (broad SMARTS) is 1. The Morgan fingerprint density at radius 3 is 1.96 bits per heavy atom. The third-order valence-corrected chi connectivity index (χ3v) is 2.14. The van der Waals surface area contributed by atoms with Crippen molar-refractivity contribution < 1.29 is 58.8 Å². The first kappa shape index (κ1) is 27.4. The first-order valence-electron chi connectivity index (χ1n) is 6.86. The summed E-state index contributed by atoms with van der Waals surface area (Å²) in [5, 5.41) is 42.7. The number of hydrogen-bond acceptors (Lipinski definition) is 7. The van der Waals surface area contributed by atoms with E-state index in [0.29, 0.717) is 0 Å². The van der Waals surface area contributed by atoms with Crippen LogP contribution in [0.25, 0.3) is 0 Å². The summed E-state index contributed by atoms with van der Waals surface area (Å²) in [4.78, 5) is 10.6. The average Bonchev–Trinajstić information content (AvgIpc) is 2.43. The Hall–Kier alpha value is -0.476. The Balaban J connectivity index is -0.000000418. The zero-order valence-electron chi connectivity index (χ0n) is 13.9. The third-order valence-electron chi connectivity index (χ3n) is 2.14. The van der Waals surface area contributed by atoms with Gasteiger partial charge in [-0.1, -0.05) is 26.8 Å². The summed E-state index contributed by atoms with van der Waals surface area (Å²) in [5.41, 5.74) is 0.0972. The number of aliphatic hydroxyl groups excluding tert-OH is 1. The van der Waals surface area contributed by atoms with E-state index in [1.54, 1.807) is 0 Å². The quantitative estimate of drug-likeness (QED) is 0.233. The first-order valence-corrected chi connectivity index (χ1v) is 7.50. The molecule has 0 saturated heterocycles. The fraction of sp³-hybridized carbons (Fsp3) is 0.786. The van der Waals surface area contributed by atoms with Crippen molar-refractivity contribution in [2.45, 2.75) is 52.1 Å². The Bertz CT molecular complexity index is 309. The van der Waals surface area contributed by atoms with Crippen molar-refractivity contribution in [1.82, 2.24) is 0 Å². The molecule has 1 atom stereocenters. The van der Waals surface area contributed by atoms with Gasteiger partial charge in [0.15, 0.2) is 6.10 Å². The number of hydrogen-bond donors (Lipinski definition) is 5. The summed E-state index contributed by atoms with van der Waals surface area (Å²) < 4.78 is 13.2. The molecule has 8 nitrogen and oxygen atoms in total. The number of aliphatic hydroxyl groups is 4. The molecule has 0 aliphatic heterocycles. The first-order chi connectivity index (χ1) is 10.4. The number of ether oxygens (including phenoxy) is 1. The van der Waals surface area contributed by atoms with E-state index in [0.717, 1.165) is 20.4 Å². The van der Waals surface area contributed by atoms with Crippen molar-refractivity contribution in [3.05, 3.63) is 12.7 Å². The van der Waals surface area contributed by atoms with Crippen LogP contribution < -0.4 is 0 Å². The van der Waals surface area contributed by atoms with Crippen molar-refractivity contribution in [1.29, 1.82) is 0 Å². The number of aliphatic carboxylic acids is 1. The molecule has 0 fully saturated rings. The number of rotatable bonds is 8. The Labute approximate surface area is 148 Å². The van der Waals surface area contributed by atoms with E-state index in [4.69, 9.17) is 33.6 Å². The van der Waals surface area contributed by atoms with Crippen LogP contribution in [0, 0.1) is 5.41 Å². The van der Waals surface area contributed by atoms with E-state index in [-0.39, 0.29) is 37.9 Å². The van der Waals surface area contributed by atoms with Crippen LogP contribution in [-0.4, -0.2) is 56.8 Å². The summed E-state index contributed by atoms with van der Waals surface area (Å²) in [6.45, 7) is 9.73. The molecule has 0 radical (unpaired) electrons. The predicted molar refractivity (Wildman–Crippen MR) is 78.0 cm³/mol. The van der Waals surface area contributed by atoms with Gasteiger partial charge in [0.05, 0.1) is 6.61 Å². The Kier molecular flexibility index (Phi) is 17.9. The van der Waals surface area contributed by atoms with Gasteiger partial charge in [0.25, 0.3) is 5.97 Å². The van der Waals surface area contributed by atoms with Crippen molar-refractivity contribution >= 4 is 5.97 Å². The van der Waals surface area contributed by atoms with Gasteiger partial charge in [-0.25, -0.2) is 4.79 Å². The molecule has 0 aromatic carbocycles. The second-order valence-corrected chi connectivity index (χ2v) is 5.83. The van der Waals surface area contributed by atoms with Crippen molar-refractivity contribution in [3.8, 4) is 0 Å². The molecule has 0 spiro atoms. The van der Waals surface area contributed by atoms with Crippen LogP contribution in [0.1, 0.15) is 40.0 Å². The molecule has 23 heavy (non-hydrogen) atoms. The van der Waals surface area contributed by atoms with Gasteiger partial charge < -0.3 is 30.3 Å². The topological polar surface area (TPSA) is 145 Å². The molecule has 1 unspecified atom stereocenters. The second-order valence-electron chi connectivity index (χ2n) is 5.83. The Morgan fingerprint density at radius 2 is 1.70 bits per heavy atom. The van der Waals surface area contributed by atoms with Crippen LogP contribution in [0.5, 0.6) is 0 Å². The molecule has 0 saturated carbocycles. The van der Waals surface area contributed by atoms with E-state index in [9.17, 15) is 4.79 Å². The summed E-state index contributed by atoms with van der Waals surface area (Å²) in [7, 11) is 0. The summed E-state index contributed by atoms with van der Waals surface area (Å²) in [6, 6.07) is 0. The number of carboxylic acids is 1. The molecule has 0 aromatic heterocycles. The normalized spacial score (nSPS) is 12.1. The van der Waals surface area contributed by atoms with Crippen LogP contribution in [0.3, 0.4) is 0 Å². The summed E-state index contributed by atoms with van der Waals surface area (Å²) in [6.07, 6.45) is 0.286.